The van der Waals surface area contributed by atoms with Crippen LogP contribution in [-0.4, -0.2) is 62.2 Å². The van der Waals surface area contributed by atoms with E-state index in [-0.39, 0.29) is 36.8 Å². The Bertz CT molecular complexity index is 1760. The maximum atomic E-state index is 11.9. The van der Waals surface area contributed by atoms with Crippen LogP contribution in [-0.2, 0) is 35.9 Å². The van der Waals surface area contributed by atoms with E-state index in [1.54, 1.807) is 40.1 Å². The average Bonchev–Trinajstić information content (AvgIpc) is 3.15. The summed E-state index contributed by atoms with van der Waals surface area (Å²) < 4.78 is 23.2. The first-order valence-electron chi connectivity index (χ1n) is 16.7. The average molecular weight is 754 g/mol. The highest BCUT2D eigenvalue weighted by Gasteiger charge is 2.19. The van der Waals surface area contributed by atoms with Crippen molar-refractivity contribution >= 4 is 35.0 Å². The van der Waals surface area contributed by atoms with Gasteiger partial charge in [0.15, 0.2) is 0 Å². The Morgan fingerprint density at radius 3 is 1.38 bits per heavy atom. The van der Waals surface area contributed by atoms with E-state index in [9.17, 15) is 9.59 Å². The third kappa shape index (κ3) is 9.82. The first-order valence-corrected chi connectivity index (χ1v) is 17.5. The number of carbonyl (C=O) groups excluding carboxylic acids is 2. The van der Waals surface area contributed by atoms with Gasteiger partial charge in [-0.3, -0.25) is 9.59 Å². The van der Waals surface area contributed by atoms with Gasteiger partial charge in [0.1, 0.15) is 23.3 Å². The monoisotopic (exact) mass is 752 g/mol. The Kier molecular flexibility index (Phi) is 14.5. The van der Waals surface area contributed by atoms with Crippen molar-refractivity contribution in [2.45, 2.75) is 66.1 Å². The molecule has 0 saturated heterocycles. The second-order valence-corrected chi connectivity index (χ2v) is 12.9. The lowest BCUT2D eigenvalue weighted by molar-refractivity contribution is -0.123. The molecule has 0 saturated carbocycles. The smallest absolute Gasteiger partial charge is 0.236 e. The summed E-state index contributed by atoms with van der Waals surface area (Å²) in [4.78, 5) is 32.8. The second-order valence-electron chi connectivity index (χ2n) is 12.1. The van der Waals surface area contributed by atoms with Gasteiger partial charge >= 0.3 is 0 Å². The van der Waals surface area contributed by atoms with Crippen LogP contribution < -0.4 is 40.2 Å². The molecule has 2 aromatic carbocycles. The topological polar surface area (TPSA) is 145 Å². The number of likely N-dealkylation sites (N-methyl/N-ethyl adjacent to an activating group) is 2. The number of hydrogen-bond donors (Lipinski definition) is 4. The third-order valence-corrected chi connectivity index (χ3v) is 9.28. The fourth-order valence-electron chi connectivity index (χ4n) is 5.50. The summed E-state index contributed by atoms with van der Waals surface area (Å²) in [7, 11) is 6.23. The van der Waals surface area contributed by atoms with Crippen LogP contribution in [0.3, 0.4) is 0 Å². The highest BCUT2D eigenvalue weighted by Crippen LogP contribution is 2.34. The molecule has 2 heterocycles. The third-order valence-electron chi connectivity index (χ3n) is 8.74. The van der Waals surface area contributed by atoms with Gasteiger partial charge in [0, 0.05) is 38.3 Å². The van der Waals surface area contributed by atoms with Crippen molar-refractivity contribution in [1.29, 1.82) is 0 Å². The minimum Gasteiger partial charge on any atom is -0.481 e. The van der Waals surface area contributed by atoms with Crippen molar-refractivity contribution in [3.63, 3.8) is 0 Å². The lowest BCUT2D eigenvalue weighted by atomic mass is 9.92. The van der Waals surface area contributed by atoms with Crippen LogP contribution >= 0.6 is 23.2 Å². The molecule has 0 aliphatic carbocycles. The molecular weight excluding hydrogens is 707 g/mol. The number of nitrogens with zero attached hydrogens (tertiary/aromatic N) is 2. The van der Waals surface area contributed by atoms with Crippen LogP contribution in [0.4, 0.5) is 0 Å². The number of ether oxygens (including phenoxy) is 4. The summed E-state index contributed by atoms with van der Waals surface area (Å²) in [5.74, 6) is 0.937. The largest absolute Gasteiger partial charge is 0.481 e. The molecule has 0 radical (unpaired) electrons. The number of nitrogens with one attached hydrogen (secondary N) is 4. The SMILES string of the molecule is CNC(=O)[C@H](C)NCc1cc(Cl)c(OCc2cccc(-c3cccc(COc4nc(OC)c(CN[C@@H](C)C(=O)NC)cc4Cl)c3C)c2C)nc1OC. The van der Waals surface area contributed by atoms with E-state index in [0.717, 1.165) is 33.4 Å². The molecular formula is C38H46Cl2N6O6. The highest BCUT2D eigenvalue weighted by molar-refractivity contribution is 6.32. The van der Waals surface area contributed by atoms with Crippen LogP contribution in [0, 0.1) is 13.8 Å². The van der Waals surface area contributed by atoms with Gasteiger partial charge in [0.25, 0.3) is 0 Å². The summed E-state index contributed by atoms with van der Waals surface area (Å²) in [6.45, 7) is 8.76. The van der Waals surface area contributed by atoms with Crippen LogP contribution in [0.15, 0.2) is 48.5 Å². The zero-order valence-electron chi connectivity index (χ0n) is 30.7. The van der Waals surface area contributed by atoms with Gasteiger partial charge in [-0.1, -0.05) is 59.6 Å². The van der Waals surface area contributed by atoms with E-state index in [1.807, 2.05) is 24.3 Å². The molecule has 0 spiro atoms. The van der Waals surface area contributed by atoms with E-state index < -0.39 is 12.1 Å². The first kappa shape index (κ1) is 40.2. The number of benzene rings is 2. The normalized spacial score (nSPS) is 12.1. The number of aromatic nitrogens is 2. The Balaban J connectivity index is 1.48. The van der Waals surface area contributed by atoms with Crippen molar-refractivity contribution in [2.24, 2.45) is 0 Å². The molecule has 2 amide bonds. The summed E-state index contributed by atoms with van der Waals surface area (Å²) in [5.41, 5.74) is 7.49. The van der Waals surface area contributed by atoms with Gasteiger partial charge in [-0.15, -0.1) is 0 Å². The number of methoxy groups -OCH3 is 2. The second kappa shape index (κ2) is 18.7. The molecule has 2 aromatic heterocycles. The molecule has 0 aliphatic heterocycles. The summed E-state index contributed by atoms with van der Waals surface area (Å²) in [6.07, 6.45) is 0. The van der Waals surface area contributed by atoms with Crippen LogP contribution in [0.5, 0.6) is 23.5 Å². The van der Waals surface area contributed by atoms with Gasteiger partial charge in [-0.05, 0) is 73.2 Å². The van der Waals surface area contributed by atoms with E-state index in [1.165, 1.54) is 14.2 Å². The molecule has 12 nitrogen and oxygen atoms in total. The zero-order chi connectivity index (χ0) is 37.9. The molecule has 4 N–H and O–H groups in total. The van der Waals surface area contributed by atoms with Crippen molar-refractivity contribution in [1.82, 2.24) is 31.2 Å². The number of halogens is 2. The zero-order valence-corrected chi connectivity index (χ0v) is 32.2. The van der Waals surface area contributed by atoms with Crippen LogP contribution in [0.25, 0.3) is 11.1 Å². The lowest BCUT2D eigenvalue weighted by Gasteiger charge is -2.18. The minimum atomic E-state index is -0.408. The molecule has 4 rings (SSSR count). The Morgan fingerprint density at radius 1 is 0.654 bits per heavy atom. The predicted molar refractivity (Wildman–Crippen MR) is 202 cm³/mol. The number of rotatable bonds is 17. The number of pyridine rings is 2. The highest BCUT2D eigenvalue weighted by atomic mass is 35.5. The number of amides is 2. The first-order chi connectivity index (χ1) is 24.9. The van der Waals surface area contributed by atoms with Gasteiger partial charge in [0.05, 0.1) is 26.3 Å². The molecule has 278 valence electrons. The minimum absolute atomic E-state index is 0.128. The fourth-order valence-corrected chi connectivity index (χ4v) is 5.95. The molecule has 0 unspecified atom stereocenters. The van der Waals surface area contributed by atoms with Crippen molar-refractivity contribution < 1.29 is 28.5 Å². The maximum Gasteiger partial charge on any atom is 0.236 e. The summed E-state index contributed by atoms with van der Waals surface area (Å²) in [5, 5.41) is 12.2. The fraction of sp³-hybridized carbons (Fsp3) is 0.368. The quantitative estimate of drug-likeness (QED) is 0.106. The number of hydrogen-bond acceptors (Lipinski definition) is 10. The Hall–Kier alpha value is -4.62. The van der Waals surface area contributed by atoms with Crippen molar-refractivity contribution in [2.75, 3.05) is 28.3 Å². The van der Waals surface area contributed by atoms with Crippen molar-refractivity contribution in [3.05, 3.63) is 92.0 Å². The van der Waals surface area contributed by atoms with Gasteiger partial charge in [0.2, 0.25) is 35.3 Å². The van der Waals surface area contributed by atoms with Gasteiger partial charge < -0.3 is 40.2 Å². The number of carbonyl (C=O) groups is 2. The lowest BCUT2D eigenvalue weighted by Crippen LogP contribution is -2.40. The molecule has 52 heavy (non-hydrogen) atoms. The van der Waals surface area contributed by atoms with E-state index in [2.05, 4.69) is 57.2 Å². The van der Waals surface area contributed by atoms with Gasteiger partial charge in [-0.2, -0.15) is 9.97 Å². The molecule has 0 bridgehead atoms. The predicted octanol–water partition coefficient (Wildman–Crippen LogP) is 5.69. The summed E-state index contributed by atoms with van der Waals surface area (Å²) >= 11 is 13.2. The Labute approximate surface area is 314 Å². The van der Waals surface area contributed by atoms with Crippen molar-refractivity contribution in [3.8, 4) is 34.6 Å². The molecule has 2 atom stereocenters. The van der Waals surface area contributed by atoms with Crippen LogP contribution in [0.1, 0.15) is 47.2 Å². The molecule has 4 aromatic rings. The maximum absolute atomic E-state index is 11.9. The molecule has 14 heteroatoms. The van der Waals surface area contributed by atoms with E-state index >= 15 is 0 Å². The Morgan fingerprint density at radius 2 is 1.04 bits per heavy atom. The molecule has 0 aliphatic rings. The van der Waals surface area contributed by atoms with E-state index in [0.29, 0.717) is 46.0 Å². The molecule has 0 fully saturated rings. The van der Waals surface area contributed by atoms with E-state index in [4.69, 9.17) is 42.1 Å². The van der Waals surface area contributed by atoms with Crippen LogP contribution in [0.2, 0.25) is 10.0 Å². The standard InChI is InChI=1S/C38H46Cl2N6O6/c1-21-25(19-51-37-31(39)15-27(35(45-37)49-7)17-43-23(3)33(47)41-5)11-9-13-29(21)30-14-10-12-26(22(30)2)20-52-38-32(40)16-28(36(46-38)50-8)18-44-24(4)34(48)42-6/h9-16,23-24,43-44H,17-20H2,1-8H3,(H,41,47)(H,42,48)/t23-,24-/m0/s1. The summed E-state index contributed by atoms with van der Waals surface area (Å²) in [6, 6.07) is 14.8. The van der Waals surface area contributed by atoms with Gasteiger partial charge in [-0.25, -0.2) is 0 Å².